The third kappa shape index (κ3) is 23.6. The van der Waals surface area contributed by atoms with Crippen molar-refractivity contribution in [2.24, 2.45) is 74.4 Å². The highest BCUT2D eigenvalue weighted by Gasteiger charge is 2.66. The molecule has 1 N–H and O–H groups in total. The molecule has 8 unspecified atom stereocenters. The Morgan fingerprint density at radius 2 is 0.941 bits per heavy atom. The first kappa shape index (κ1) is 105. The van der Waals surface area contributed by atoms with Gasteiger partial charge in [-0.1, -0.05) is 129 Å². The second-order valence-corrected chi connectivity index (χ2v) is 35.1. The molecule has 13 fully saturated rings. The van der Waals surface area contributed by atoms with Crippen LogP contribution in [0.3, 0.4) is 0 Å². The average molecular weight is 1480 g/mol. The third-order valence-corrected chi connectivity index (χ3v) is 26.5. The summed E-state index contributed by atoms with van der Waals surface area (Å²) >= 11 is 0. The maximum absolute atomic E-state index is 12.6. The monoisotopic (exact) mass is 1480 g/mol. The van der Waals surface area contributed by atoms with Gasteiger partial charge < -0.3 is 38.3 Å². The van der Waals surface area contributed by atoms with Crippen LogP contribution in [-0.4, -0.2) is 114 Å². The van der Waals surface area contributed by atoms with Crippen molar-refractivity contribution < 1.29 is 84.4 Å². The van der Waals surface area contributed by atoms with Crippen LogP contribution >= 0.6 is 0 Å². The van der Waals surface area contributed by atoms with Gasteiger partial charge in [0.25, 0.3) is 10.1 Å². The fraction of sp³-hybridized carbons (Fsp3) is 0.916. The molecule has 0 aromatic heterocycles. The Bertz CT molecular complexity index is 2700. The van der Waals surface area contributed by atoms with Gasteiger partial charge in [-0.25, -0.2) is 9.59 Å². The molecule has 0 spiro atoms. The fourth-order valence-corrected chi connectivity index (χ4v) is 18.8. The summed E-state index contributed by atoms with van der Waals surface area (Å²) in [5, 5.41) is 10.2. The van der Waals surface area contributed by atoms with E-state index < -0.39 is 80.0 Å². The molecule has 2 heterocycles. The van der Waals surface area contributed by atoms with Crippen molar-refractivity contribution in [1.29, 1.82) is 0 Å². The van der Waals surface area contributed by atoms with Crippen LogP contribution in [0.1, 0.15) is 359 Å². The molecule has 2 aliphatic heterocycles. The van der Waals surface area contributed by atoms with E-state index in [0.717, 1.165) is 82.5 Å². The molecule has 606 valence electrons. The van der Waals surface area contributed by atoms with Gasteiger partial charge in [-0.15, -0.1) is 0 Å². The zero-order valence-electron chi connectivity index (χ0n) is 59.5. The quantitative estimate of drug-likeness (QED) is 0.0717. The molecule has 11 saturated carbocycles. The molecule has 0 radical (unpaired) electrons. The number of esters is 7. The van der Waals surface area contributed by atoms with Crippen LogP contribution < -0.4 is 0 Å². The van der Waals surface area contributed by atoms with E-state index in [1.807, 2.05) is 69.2 Å². The molecular weight excluding hydrogens is 1320 g/mol. The summed E-state index contributed by atoms with van der Waals surface area (Å²) in [4.78, 5) is 83.5. The second kappa shape index (κ2) is 40.4. The topological polar surface area (TPSA) is 248 Å². The first-order valence-corrected chi connectivity index (χ1v) is 37.3. The molecule has 11 aliphatic carbocycles. The van der Waals surface area contributed by atoms with Crippen molar-refractivity contribution in [3.8, 4) is 0 Å². The molecule has 13 aliphatic rings. The molecule has 19 heteroatoms. The predicted molar refractivity (Wildman–Crippen MR) is 415 cm³/mol. The van der Waals surface area contributed by atoms with Crippen molar-refractivity contribution >= 4 is 51.9 Å². The van der Waals surface area contributed by atoms with E-state index >= 15 is 0 Å². The van der Waals surface area contributed by atoms with E-state index in [-0.39, 0.29) is 138 Å². The number of cyclic esters (lactones) is 1. The van der Waals surface area contributed by atoms with Crippen LogP contribution in [0.5, 0.6) is 0 Å². The van der Waals surface area contributed by atoms with E-state index in [2.05, 4.69) is 20.8 Å². The van der Waals surface area contributed by atoms with Gasteiger partial charge in [-0.05, 0) is 252 Å². The zero-order valence-corrected chi connectivity index (χ0v) is 60.3. The van der Waals surface area contributed by atoms with Crippen LogP contribution in [0.25, 0.3) is 0 Å². The molecule has 10 bridgehead atoms. The Labute approximate surface area is 625 Å². The van der Waals surface area contributed by atoms with Gasteiger partial charge in [-0.3, -0.25) is 28.2 Å². The Morgan fingerprint density at radius 3 is 1.36 bits per heavy atom. The Hall–Kier alpha value is -3.84. The maximum atomic E-state index is 12.6. The third-order valence-electron chi connectivity index (χ3n) is 24.7. The summed E-state index contributed by atoms with van der Waals surface area (Å²) in [6.07, 6.45) is 23.7. The number of hydrogen-bond donors (Lipinski definition) is 1. The summed E-state index contributed by atoms with van der Waals surface area (Å²) in [5.74, 6) is 2.25. The van der Waals surface area contributed by atoms with Crippen molar-refractivity contribution in [2.75, 3.05) is 13.2 Å². The maximum Gasteiger partial charge on any atom is 0.347 e. The first-order valence-electron chi connectivity index (χ1n) is 35.8. The molecule has 13 rings (SSSR count). The first-order chi connectivity index (χ1) is 42.7. The van der Waals surface area contributed by atoms with E-state index in [4.69, 9.17) is 37.3 Å². The minimum atomic E-state index is -3.53. The molecule has 8 atom stereocenters. The number of hydrogen-bond acceptors (Lipinski definition) is 18. The highest BCUT2D eigenvalue weighted by Crippen LogP contribution is 2.62. The van der Waals surface area contributed by atoms with Gasteiger partial charge in [0.15, 0.2) is 6.61 Å². The van der Waals surface area contributed by atoms with Crippen LogP contribution in [0.2, 0.25) is 0 Å². The number of ether oxygens (including phenoxy) is 7. The van der Waals surface area contributed by atoms with Gasteiger partial charge in [0.1, 0.15) is 29.0 Å². The summed E-state index contributed by atoms with van der Waals surface area (Å²) in [6, 6.07) is 0. The number of carbonyl (C=O) groups excluding carboxylic acids is 7. The number of carbonyl (C=O) groups is 7. The van der Waals surface area contributed by atoms with Crippen LogP contribution in [0.15, 0.2) is 0 Å². The molecule has 0 amide bonds. The predicted octanol–water partition coefficient (Wildman–Crippen LogP) is 20.4. The lowest BCUT2D eigenvalue weighted by Gasteiger charge is -2.60. The van der Waals surface area contributed by atoms with Crippen molar-refractivity contribution in [1.82, 2.24) is 0 Å². The minimum absolute atomic E-state index is 0. The number of rotatable bonds is 19. The fourth-order valence-electron chi connectivity index (χ4n) is 16.9. The zero-order chi connectivity index (χ0) is 68.4. The molecule has 18 nitrogen and oxygen atoms in total. The van der Waals surface area contributed by atoms with Gasteiger partial charge in [0, 0.05) is 24.7 Å². The van der Waals surface area contributed by atoms with Gasteiger partial charge in [-0.2, -0.15) is 8.42 Å². The number of fused-ring (bicyclic) bond motifs is 1. The summed E-state index contributed by atoms with van der Waals surface area (Å²) < 4.78 is 67.0. The average Bonchev–Trinajstić information content (AvgIpc) is 1.28. The Balaban J connectivity index is -0.000000580. The van der Waals surface area contributed by atoms with Crippen LogP contribution in [-0.2, 0) is 81.0 Å². The summed E-state index contributed by atoms with van der Waals surface area (Å²) in [6.45, 7) is 33.2. The van der Waals surface area contributed by atoms with E-state index in [0.29, 0.717) is 68.8 Å². The lowest BCUT2D eigenvalue weighted by molar-refractivity contribution is -0.225. The van der Waals surface area contributed by atoms with E-state index in [1.165, 1.54) is 57.8 Å². The summed E-state index contributed by atoms with van der Waals surface area (Å²) in [5.41, 5.74) is -3.45. The Morgan fingerprint density at radius 1 is 0.510 bits per heavy atom. The smallest absolute Gasteiger partial charge is 0.347 e. The molecule has 0 aromatic carbocycles. The van der Waals surface area contributed by atoms with Gasteiger partial charge >= 0.3 is 41.8 Å². The van der Waals surface area contributed by atoms with Crippen LogP contribution in [0.4, 0.5) is 0 Å². The minimum Gasteiger partial charge on any atom is -0.463 e. The largest absolute Gasteiger partial charge is 0.463 e. The molecule has 102 heavy (non-hydrogen) atoms. The normalized spacial score (nSPS) is 31.2. The standard InChI is InChI=1S/C18H30O2.C16H26O3.C15H22O7S.C14H26O2.C10H16O4.10CH4/c1-5-17(3,4)16(19)20-18(6-2)14-8-12-7-13(10-14)11-15(18)9-12;1-4-14(2,3)13(17)19-16-8-11-5-12(9-16)7-15(18,6-11)10-16;1-4-15(2,3)14(17)20-7-11(16)21-12-8-5-9-10(6-8)23(18,19)22-13(9)12;1-5-13(3,4)12(15)16-14(6-2)10-8-7-9-11-14;1-4-10(2,3)9(12)14-7-5-6-13-8(7)11;;;;;;;;;;/h12-15H,5-11H2,1-4H3;11-12,18H,4-10H2,1-3H3;8-10,12-13H,4-7H2,1-3H3;5-11H2,1-4H3;7H,4-6H2,1-3H3;10*1H4. The molecule has 0 aromatic rings. The second-order valence-electron chi connectivity index (χ2n) is 33.3. The van der Waals surface area contributed by atoms with Gasteiger partial charge in [0.2, 0.25) is 6.10 Å². The highest BCUT2D eigenvalue weighted by molar-refractivity contribution is 7.87. The summed E-state index contributed by atoms with van der Waals surface area (Å²) in [7, 11) is -3.53. The van der Waals surface area contributed by atoms with Crippen molar-refractivity contribution in [2.45, 2.75) is 405 Å². The van der Waals surface area contributed by atoms with E-state index in [1.54, 1.807) is 27.7 Å². The molecular formula is C83H160O18S. The van der Waals surface area contributed by atoms with Crippen LogP contribution in [0, 0.1) is 74.4 Å². The molecule has 2 saturated heterocycles. The van der Waals surface area contributed by atoms with E-state index in [9.17, 15) is 47.1 Å². The highest BCUT2D eigenvalue weighted by atomic mass is 32.2. The number of aliphatic hydroxyl groups is 1. The van der Waals surface area contributed by atoms with Gasteiger partial charge in [0.05, 0.1) is 44.5 Å². The SMILES string of the molecule is C.C.C.C.C.C.C.C.C.C.CCC(C)(C)C(=O)OC1(CC)C2CC3CC(C2)CC1C3.CCC(C)(C)C(=O)OC12CC3CC(CC(O)(C3)C1)C2.CCC(C)(C)C(=O)OC1CCOC1=O.CCC(C)(C)C(=O)OCC(=O)OC1C2CC3C1OS(=O)(=O)C3C2.CCC1(OC(=O)C(C)(C)CC)CCCCC1. The van der Waals surface area contributed by atoms with Crippen molar-refractivity contribution in [3.05, 3.63) is 0 Å². The lowest BCUT2D eigenvalue weighted by atomic mass is 9.49. The lowest BCUT2D eigenvalue weighted by Crippen LogP contribution is -2.61. The Kier molecular flexibility index (Phi) is 41.4. The van der Waals surface area contributed by atoms with Crippen molar-refractivity contribution in [3.63, 3.8) is 0 Å².